The Labute approximate surface area is 186 Å². The van der Waals surface area contributed by atoms with Gasteiger partial charge in [-0.3, -0.25) is 9.78 Å². The van der Waals surface area contributed by atoms with Crippen molar-refractivity contribution in [2.45, 2.75) is 39.2 Å². The smallest absolute Gasteiger partial charge is 0.303 e. The molecule has 0 aliphatic rings. The third-order valence-corrected chi connectivity index (χ3v) is 5.03. The predicted molar refractivity (Wildman–Crippen MR) is 120 cm³/mol. The van der Waals surface area contributed by atoms with E-state index in [0.29, 0.717) is 30.4 Å². The van der Waals surface area contributed by atoms with Crippen molar-refractivity contribution in [1.29, 1.82) is 0 Å². The molecule has 0 radical (unpaired) electrons. The Hall–Kier alpha value is -3.12. The molecule has 162 valence electrons. The topological polar surface area (TPSA) is 81.5 Å². The summed E-state index contributed by atoms with van der Waals surface area (Å²) < 4.78 is 11.9. The van der Waals surface area contributed by atoms with Crippen LogP contribution in [0.4, 0.5) is 0 Å². The van der Waals surface area contributed by atoms with Crippen LogP contribution in [0.15, 0.2) is 55.0 Å². The fraction of sp³-hybridized carbons (Fsp3) is 0.292. The molecule has 2 heterocycles. The van der Waals surface area contributed by atoms with E-state index < -0.39 is 5.97 Å². The molecule has 3 aromatic rings. The average molecular weight is 441 g/mol. The first kappa shape index (κ1) is 22.6. The number of aromatic nitrogens is 2. The number of benzene rings is 1. The lowest BCUT2D eigenvalue weighted by Gasteiger charge is -2.17. The van der Waals surface area contributed by atoms with Crippen LogP contribution in [-0.4, -0.2) is 33.8 Å². The zero-order valence-corrected chi connectivity index (χ0v) is 18.3. The summed E-state index contributed by atoms with van der Waals surface area (Å²) in [7, 11) is 0. The van der Waals surface area contributed by atoms with E-state index in [-0.39, 0.29) is 12.5 Å². The Balaban J connectivity index is 1.56. The van der Waals surface area contributed by atoms with Crippen molar-refractivity contribution in [3.63, 3.8) is 0 Å². The van der Waals surface area contributed by atoms with Gasteiger partial charge in [0.2, 0.25) is 5.88 Å². The highest BCUT2D eigenvalue weighted by Gasteiger charge is 2.13. The van der Waals surface area contributed by atoms with Crippen LogP contribution in [0.25, 0.3) is 11.1 Å². The number of aryl methyl sites for hydroxylation is 2. The number of carboxylic acid groups (broad SMARTS) is 1. The molecule has 1 N–H and O–H groups in total. The molecule has 0 aliphatic carbocycles. The molecule has 0 saturated heterocycles. The minimum Gasteiger partial charge on any atom is -0.493 e. The van der Waals surface area contributed by atoms with E-state index in [0.717, 1.165) is 28.0 Å². The van der Waals surface area contributed by atoms with Crippen LogP contribution in [0.1, 0.15) is 30.9 Å². The van der Waals surface area contributed by atoms with Crippen molar-refractivity contribution in [1.82, 2.24) is 9.97 Å². The van der Waals surface area contributed by atoms with Crippen molar-refractivity contribution in [2.24, 2.45) is 0 Å². The number of nitrogens with zero attached hydrogens (tertiary/aromatic N) is 2. The summed E-state index contributed by atoms with van der Waals surface area (Å²) in [6, 6.07) is 11.3. The van der Waals surface area contributed by atoms with Crippen molar-refractivity contribution in [3.8, 4) is 22.8 Å². The van der Waals surface area contributed by atoms with Gasteiger partial charge in [0.05, 0.1) is 11.6 Å². The summed E-state index contributed by atoms with van der Waals surface area (Å²) in [6.45, 7) is 4.40. The summed E-state index contributed by atoms with van der Waals surface area (Å²) >= 11 is 6.13. The van der Waals surface area contributed by atoms with Gasteiger partial charge in [-0.2, -0.15) is 0 Å². The molecular weight excluding hydrogens is 416 g/mol. The van der Waals surface area contributed by atoms with Crippen LogP contribution in [0.3, 0.4) is 0 Å². The number of ether oxygens (including phenoxy) is 2. The highest BCUT2D eigenvalue weighted by atomic mass is 35.5. The van der Waals surface area contributed by atoms with Gasteiger partial charge in [0.25, 0.3) is 0 Å². The zero-order chi connectivity index (χ0) is 22.2. The molecule has 0 unspecified atom stereocenters. The van der Waals surface area contributed by atoms with Crippen molar-refractivity contribution >= 4 is 17.6 Å². The molecule has 0 amide bonds. The van der Waals surface area contributed by atoms with Crippen LogP contribution >= 0.6 is 11.6 Å². The zero-order valence-electron chi connectivity index (χ0n) is 17.5. The molecule has 0 bridgehead atoms. The average Bonchev–Trinajstić information content (AvgIpc) is 2.75. The number of pyridine rings is 2. The number of hydrogen-bond acceptors (Lipinski definition) is 5. The van der Waals surface area contributed by atoms with Gasteiger partial charge in [0, 0.05) is 42.6 Å². The van der Waals surface area contributed by atoms with E-state index in [2.05, 4.69) is 9.97 Å². The number of halogens is 1. The molecule has 6 nitrogen and oxygen atoms in total. The fourth-order valence-corrected chi connectivity index (χ4v) is 3.28. The largest absolute Gasteiger partial charge is 0.493 e. The SMILES string of the molecule is Cc1cc(OCC[C@@H](C)Oc2ncc(Cl)cc2-c2cccnc2)ccc1CCC(=O)O. The first-order valence-electron chi connectivity index (χ1n) is 10.1. The summed E-state index contributed by atoms with van der Waals surface area (Å²) in [5.41, 5.74) is 3.72. The molecule has 3 rings (SSSR count). The van der Waals surface area contributed by atoms with Gasteiger partial charge < -0.3 is 14.6 Å². The third kappa shape index (κ3) is 6.69. The molecule has 0 saturated carbocycles. The molecule has 2 aromatic heterocycles. The van der Waals surface area contributed by atoms with E-state index in [4.69, 9.17) is 26.2 Å². The predicted octanol–water partition coefficient (Wildman–Crippen LogP) is 5.36. The van der Waals surface area contributed by atoms with Crippen LogP contribution in [0.5, 0.6) is 11.6 Å². The van der Waals surface area contributed by atoms with E-state index in [9.17, 15) is 4.79 Å². The Bertz CT molecular complexity index is 1030. The van der Waals surface area contributed by atoms with Gasteiger partial charge in [0.1, 0.15) is 11.9 Å². The normalized spacial score (nSPS) is 11.7. The van der Waals surface area contributed by atoms with Gasteiger partial charge in [-0.15, -0.1) is 0 Å². The second kappa shape index (κ2) is 10.8. The molecular formula is C24H25ClN2O4. The maximum Gasteiger partial charge on any atom is 0.303 e. The monoisotopic (exact) mass is 440 g/mol. The Kier molecular flexibility index (Phi) is 7.84. The molecule has 0 aliphatic heterocycles. The fourth-order valence-electron chi connectivity index (χ4n) is 3.12. The van der Waals surface area contributed by atoms with Gasteiger partial charge in [-0.05, 0) is 55.7 Å². The standard InChI is InChI=1S/C24H25ClN2O4/c1-16-12-21(7-5-18(16)6-8-23(28)29)30-11-9-17(2)31-24-22(13-20(25)15-27-24)19-4-3-10-26-14-19/h3-5,7,10,12-15,17H,6,8-9,11H2,1-2H3,(H,28,29)/t17-/m1/s1. The molecule has 1 aromatic carbocycles. The summed E-state index contributed by atoms with van der Waals surface area (Å²) in [4.78, 5) is 19.3. The maximum absolute atomic E-state index is 10.8. The number of aliphatic carboxylic acids is 1. The van der Waals surface area contributed by atoms with Gasteiger partial charge in [-0.25, -0.2) is 4.98 Å². The van der Waals surface area contributed by atoms with E-state index in [1.54, 1.807) is 18.6 Å². The van der Waals surface area contributed by atoms with Gasteiger partial charge in [-0.1, -0.05) is 23.7 Å². The second-order valence-corrected chi connectivity index (χ2v) is 7.73. The Morgan fingerprint density at radius 1 is 1.23 bits per heavy atom. The number of hydrogen-bond donors (Lipinski definition) is 1. The Morgan fingerprint density at radius 3 is 2.77 bits per heavy atom. The minimum absolute atomic E-state index is 0.121. The summed E-state index contributed by atoms with van der Waals surface area (Å²) in [5, 5.41) is 9.37. The van der Waals surface area contributed by atoms with Gasteiger partial charge in [0.15, 0.2) is 0 Å². The van der Waals surface area contributed by atoms with E-state index >= 15 is 0 Å². The second-order valence-electron chi connectivity index (χ2n) is 7.30. The molecule has 31 heavy (non-hydrogen) atoms. The maximum atomic E-state index is 10.8. The van der Waals surface area contributed by atoms with Crippen molar-refractivity contribution < 1.29 is 19.4 Å². The number of rotatable bonds is 10. The van der Waals surface area contributed by atoms with E-state index in [1.165, 1.54) is 0 Å². The highest BCUT2D eigenvalue weighted by molar-refractivity contribution is 6.30. The lowest BCUT2D eigenvalue weighted by molar-refractivity contribution is -0.136. The molecule has 7 heteroatoms. The minimum atomic E-state index is -0.796. The lowest BCUT2D eigenvalue weighted by Crippen LogP contribution is -2.17. The van der Waals surface area contributed by atoms with Crippen molar-refractivity contribution in [2.75, 3.05) is 6.61 Å². The molecule has 0 fully saturated rings. The third-order valence-electron chi connectivity index (χ3n) is 4.82. The van der Waals surface area contributed by atoms with Crippen LogP contribution < -0.4 is 9.47 Å². The number of carboxylic acids is 1. The molecule has 0 spiro atoms. The quantitative estimate of drug-likeness (QED) is 0.457. The highest BCUT2D eigenvalue weighted by Crippen LogP contribution is 2.31. The van der Waals surface area contributed by atoms with Crippen LogP contribution in [0, 0.1) is 6.92 Å². The summed E-state index contributed by atoms with van der Waals surface area (Å²) in [6.07, 6.45) is 6.19. The van der Waals surface area contributed by atoms with Crippen LogP contribution in [0.2, 0.25) is 5.02 Å². The van der Waals surface area contributed by atoms with Crippen molar-refractivity contribution in [3.05, 3.63) is 71.1 Å². The molecule has 1 atom stereocenters. The first-order valence-corrected chi connectivity index (χ1v) is 10.5. The first-order chi connectivity index (χ1) is 14.9. The van der Waals surface area contributed by atoms with Gasteiger partial charge >= 0.3 is 5.97 Å². The number of carbonyl (C=O) groups is 1. The Morgan fingerprint density at radius 2 is 2.06 bits per heavy atom. The summed E-state index contributed by atoms with van der Waals surface area (Å²) in [5.74, 6) is 0.462. The van der Waals surface area contributed by atoms with E-state index in [1.807, 2.05) is 50.2 Å². The van der Waals surface area contributed by atoms with Crippen LogP contribution in [-0.2, 0) is 11.2 Å². The lowest BCUT2D eigenvalue weighted by atomic mass is 10.0.